The Kier molecular flexibility index (Phi) is 2.60. The van der Waals surface area contributed by atoms with Crippen LogP contribution in [0.2, 0.25) is 0 Å². The molecule has 0 saturated heterocycles. The van der Waals surface area contributed by atoms with Gasteiger partial charge in [0.25, 0.3) is 0 Å². The van der Waals surface area contributed by atoms with Crippen LogP contribution in [0.3, 0.4) is 0 Å². The van der Waals surface area contributed by atoms with Crippen LogP contribution in [-0.2, 0) is 0 Å². The summed E-state index contributed by atoms with van der Waals surface area (Å²) < 4.78 is 0. The molecule has 0 aromatic carbocycles. The van der Waals surface area contributed by atoms with Crippen LogP contribution in [0.15, 0.2) is 0 Å². The molecular formula is C12H19N. The highest BCUT2D eigenvalue weighted by molar-refractivity contribution is 5.04. The maximum absolute atomic E-state index is 5.45. The molecule has 1 N–H and O–H groups in total. The van der Waals surface area contributed by atoms with Crippen LogP contribution in [0.1, 0.15) is 39.0 Å². The maximum Gasteiger partial charge on any atom is 0.0686 e. The van der Waals surface area contributed by atoms with Crippen molar-refractivity contribution in [3.63, 3.8) is 0 Å². The highest BCUT2D eigenvalue weighted by Crippen LogP contribution is 2.49. The first kappa shape index (κ1) is 9.09. The summed E-state index contributed by atoms with van der Waals surface area (Å²) >= 11 is 0. The third kappa shape index (κ3) is 1.89. The Hall–Kier alpha value is -0.480. The molecule has 0 aromatic heterocycles. The molecule has 2 unspecified atom stereocenters. The molecule has 0 heterocycles. The van der Waals surface area contributed by atoms with Gasteiger partial charge in [0.2, 0.25) is 0 Å². The molecule has 72 valence electrons. The van der Waals surface area contributed by atoms with Gasteiger partial charge in [-0.2, -0.15) is 0 Å². The lowest BCUT2D eigenvalue weighted by Gasteiger charge is -2.25. The van der Waals surface area contributed by atoms with Gasteiger partial charge in [0.1, 0.15) is 0 Å². The molecule has 0 aliphatic heterocycles. The maximum atomic E-state index is 5.45. The summed E-state index contributed by atoms with van der Waals surface area (Å²) in [4.78, 5) is 0. The average molecular weight is 177 g/mol. The third-order valence-corrected chi connectivity index (χ3v) is 3.61. The van der Waals surface area contributed by atoms with Crippen molar-refractivity contribution in [1.29, 1.82) is 0 Å². The minimum Gasteiger partial charge on any atom is -0.301 e. The lowest BCUT2D eigenvalue weighted by molar-refractivity contribution is 0.337. The zero-order valence-corrected chi connectivity index (χ0v) is 8.42. The summed E-state index contributed by atoms with van der Waals surface area (Å²) in [7, 11) is 0. The number of rotatable bonds is 3. The molecule has 0 radical (unpaired) electrons. The molecule has 0 amide bonds. The lowest BCUT2D eigenvalue weighted by Crippen LogP contribution is -2.40. The Balaban J connectivity index is 1.84. The van der Waals surface area contributed by atoms with Crippen LogP contribution in [0.25, 0.3) is 0 Å². The predicted molar refractivity (Wildman–Crippen MR) is 55.3 cm³/mol. The molecule has 1 heteroatoms. The van der Waals surface area contributed by atoms with Crippen LogP contribution in [0.4, 0.5) is 0 Å². The first-order chi connectivity index (χ1) is 6.35. The fourth-order valence-electron chi connectivity index (χ4n) is 2.66. The number of hydrogen-bond donors (Lipinski definition) is 1. The number of fused-ring (bicyclic) bond motifs is 1. The average Bonchev–Trinajstić information content (AvgIpc) is 2.93. The largest absolute Gasteiger partial charge is 0.301 e. The SMILES string of the molecule is C#CC(CC)NC1CCC[C@H]2C[C@@H]12. The van der Waals surface area contributed by atoms with Gasteiger partial charge in [-0.3, -0.25) is 0 Å². The van der Waals surface area contributed by atoms with Gasteiger partial charge in [-0.05, 0) is 31.1 Å². The minimum absolute atomic E-state index is 0.310. The molecule has 2 aliphatic rings. The van der Waals surface area contributed by atoms with Gasteiger partial charge >= 0.3 is 0 Å². The Morgan fingerprint density at radius 3 is 3.08 bits per heavy atom. The van der Waals surface area contributed by atoms with Crippen LogP contribution in [0.5, 0.6) is 0 Å². The highest BCUT2D eigenvalue weighted by atomic mass is 15.0. The summed E-state index contributed by atoms with van der Waals surface area (Å²) in [6.45, 7) is 2.16. The number of terminal acetylenes is 1. The molecule has 0 bridgehead atoms. The molecule has 2 saturated carbocycles. The van der Waals surface area contributed by atoms with Crippen molar-refractivity contribution in [1.82, 2.24) is 5.32 Å². The summed E-state index contributed by atoms with van der Waals surface area (Å²) in [6, 6.07) is 1.05. The second-order valence-corrected chi connectivity index (χ2v) is 4.49. The van der Waals surface area contributed by atoms with Crippen molar-refractivity contribution < 1.29 is 0 Å². The smallest absolute Gasteiger partial charge is 0.0686 e. The van der Waals surface area contributed by atoms with E-state index in [4.69, 9.17) is 6.42 Å². The van der Waals surface area contributed by atoms with Gasteiger partial charge in [0, 0.05) is 6.04 Å². The van der Waals surface area contributed by atoms with E-state index in [1.807, 2.05) is 0 Å². The quantitative estimate of drug-likeness (QED) is 0.651. The molecule has 0 aromatic rings. The van der Waals surface area contributed by atoms with Gasteiger partial charge in [0.05, 0.1) is 6.04 Å². The van der Waals surface area contributed by atoms with E-state index in [2.05, 4.69) is 18.2 Å². The van der Waals surface area contributed by atoms with Crippen molar-refractivity contribution in [3.8, 4) is 12.3 Å². The predicted octanol–water partition coefficient (Wildman–Crippen LogP) is 2.18. The minimum atomic E-state index is 0.310. The molecule has 4 atom stereocenters. The summed E-state index contributed by atoms with van der Waals surface area (Å²) in [5, 5.41) is 3.61. The standard InChI is InChI=1S/C12H19N/c1-3-10(4-2)13-12-7-5-6-9-8-11(9)12/h1,9-13H,4-8H2,2H3/t9-,10?,11+,12?/m0/s1. The molecule has 1 nitrogen and oxygen atoms in total. The Bertz CT molecular complexity index is 216. The first-order valence-corrected chi connectivity index (χ1v) is 5.57. The highest BCUT2D eigenvalue weighted by Gasteiger charge is 2.45. The molecule has 0 spiro atoms. The Labute approximate surface area is 81.3 Å². The third-order valence-electron chi connectivity index (χ3n) is 3.61. The lowest BCUT2D eigenvalue weighted by atomic mass is 9.94. The monoisotopic (exact) mass is 177 g/mol. The van der Waals surface area contributed by atoms with Crippen LogP contribution >= 0.6 is 0 Å². The second kappa shape index (κ2) is 3.72. The Morgan fingerprint density at radius 1 is 1.54 bits per heavy atom. The van der Waals surface area contributed by atoms with Crippen LogP contribution in [0, 0.1) is 24.2 Å². The molecule has 2 aliphatic carbocycles. The van der Waals surface area contributed by atoms with Crippen molar-refractivity contribution in [3.05, 3.63) is 0 Å². The van der Waals surface area contributed by atoms with E-state index in [0.29, 0.717) is 6.04 Å². The van der Waals surface area contributed by atoms with Gasteiger partial charge in [-0.1, -0.05) is 25.7 Å². The summed E-state index contributed by atoms with van der Waals surface area (Å²) in [5.74, 6) is 4.84. The van der Waals surface area contributed by atoms with E-state index < -0.39 is 0 Å². The number of nitrogens with one attached hydrogen (secondary N) is 1. The molecular weight excluding hydrogens is 158 g/mol. The zero-order valence-electron chi connectivity index (χ0n) is 8.42. The summed E-state index contributed by atoms with van der Waals surface area (Å²) in [5.41, 5.74) is 0. The molecule has 2 fully saturated rings. The van der Waals surface area contributed by atoms with Gasteiger partial charge < -0.3 is 5.32 Å². The molecule has 13 heavy (non-hydrogen) atoms. The van der Waals surface area contributed by atoms with Gasteiger partial charge in [0.15, 0.2) is 0 Å². The van der Waals surface area contributed by atoms with E-state index in [0.717, 1.165) is 24.3 Å². The second-order valence-electron chi connectivity index (χ2n) is 4.49. The zero-order chi connectivity index (χ0) is 9.26. The van der Waals surface area contributed by atoms with E-state index in [1.54, 1.807) is 0 Å². The van der Waals surface area contributed by atoms with Crippen molar-refractivity contribution >= 4 is 0 Å². The summed E-state index contributed by atoms with van der Waals surface area (Å²) in [6.07, 6.45) is 12.2. The van der Waals surface area contributed by atoms with Gasteiger partial charge in [-0.25, -0.2) is 0 Å². The van der Waals surface area contributed by atoms with E-state index in [-0.39, 0.29) is 0 Å². The normalized spacial score (nSPS) is 38.9. The van der Waals surface area contributed by atoms with E-state index in [9.17, 15) is 0 Å². The number of hydrogen-bond acceptors (Lipinski definition) is 1. The first-order valence-electron chi connectivity index (χ1n) is 5.57. The van der Waals surface area contributed by atoms with Crippen molar-refractivity contribution in [2.24, 2.45) is 11.8 Å². The Morgan fingerprint density at radius 2 is 2.38 bits per heavy atom. The van der Waals surface area contributed by atoms with E-state index >= 15 is 0 Å². The fraction of sp³-hybridized carbons (Fsp3) is 0.833. The van der Waals surface area contributed by atoms with Crippen LogP contribution < -0.4 is 5.32 Å². The van der Waals surface area contributed by atoms with Crippen LogP contribution in [-0.4, -0.2) is 12.1 Å². The van der Waals surface area contributed by atoms with Crippen molar-refractivity contribution in [2.45, 2.75) is 51.1 Å². The van der Waals surface area contributed by atoms with Crippen molar-refractivity contribution in [2.75, 3.05) is 0 Å². The van der Waals surface area contributed by atoms with Gasteiger partial charge in [-0.15, -0.1) is 6.42 Å². The van der Waals surface area contributed by atoms with E-state index in [1.165, 1.54) is 25.7 Å². The fourth-order valence-corrected chi connectivity index (χ4v) is 2.66. The topological polar surface area (TPSA) is 12.0 Å². The molecule has 2 rings (SSSR count).